The minimum atomic E-state index is -1.78. The largest absolute Gasteiger partial charge is 0.579 e. The zero-order valence-electron chi connectivity index (χ0n) is 14.4. The smallest absolute Gasteiger partial charge is 0.310 e. The summed E-state index contributed by atoms with van der Waals surface area (Å²) in [7, 11) is 0. The van der Waals surface area contributed by atoms with E-state index < -0.39 is 15.6 Å². The van der Waals surface area contributed by atoms with Gasteiger partial charge in [-0.05, 0) is 41.6 Å². The number of hydrogen-bond acceptors (Lipinski definition) is 4. The molecule has 3 fully saturated rings. The molecule has 5 atom stereocenters. The van der Waals surface area contributed by atoms with Gasteiger partial charge < -0.3 is 9.76 Å². The van der Waals surface area contributed by atoms with Gasteiger partial charge in [0, 0.05) is 38.0 Å². The number of benzene rings is 1. The molecule has 5 unspecified atom stereocenters. The van der Waals surface area contributed by atoms with E-state index >= 15 is 0 Å². The molecule has 4 aliphatic rings. The number of nitrogens with zero attached hydrogens (tertiary/aromatic N) is 3. The Morgan fingerprint density at radius 2 is 1.88 bits per heavy atom. The number of piperidine rings is 1. The lowest BCUT2D eigenvalue weighted by Gasteiger charge is -2.47. The van der Waals surface area contributed by atoms with E-state index in [1.807, 2.05) is 24.3 Å². The number of likely N-dealkylation sites (tertiary alicyclic amines) is 1. The Morgan fingerprint density at radius 3 is 2.60 bits per heavy atom. The van der Waals surface area contributed by atoms with Crippen molar-refractivity contribution >= 4 is 23.4 Å². The normalized spacial score (nSPS) is 41.2. The van der Waals surface area contributed by atoms with Gasteiger partial charge in [-0.2, -0.15) is 0 Å². The SMILES string of the molecule is [O-][S+]1N=Cc2ccccc2[N+]1([O-])C1CCN(C2CC3CCC2C3)CC1. The second kappa shape index (κ2) is 6.06. The molecule has 1 aromatic rings. The quantitative estimate of drug-likeness (QED) is 0.463. The van der Waals surface area contributed by atoms with Gasteiger partial charge in [-0.25, -0.2) is 0 Å². The van der Waals surface area contributed by atoms with Crippen molar-refractivity contribution in [2.24, 2.45) is 16.2 Å². The molecule has 6 heteroatoms. The van der Waals surface area contributed by atoms with Crippen LogP contribution in [0.3, 0.4) is 0 Å². The van der Waals surface area contributed by atoms with Crippen LogP contribution in [0.2, 0.25) is 0 Å². The van der Waals surface area contributed by atoms with Crippen LogP contribution < -0.4 is 4.05 Å². The number of para-hydroxylation sites is 1. The minimum Gasteiger partial charge on any atom is -0.579 e. The topological polar surface area (TPSA) is 61.7 Å². The van der Waals surface area contributed by atoms with E-state index in [9.17, 15) is 9.76 Å². The number of hydroxylamine groups is 1. The molecule has 0 aromatic heterocycles. The summed E-state index contributed by atoms with van der Waals surface area (Å²) in [6.07, 6.45) is 8.79. The number of quaternary nitrogens is 1. The Labute approximate surface area is 152 Å². The van der Waals surface area contributed by atoms with Gasteiger partial charge in [0.25, 0.3) is 0 Å². The maximum Gasteiger partial charge on any atom is 0.310 e. The van der Waals surface area contributed by atoms with Crippen LogP contribution in [0.4, 0.5) is 5.69 Å². The lowest BCUT2D eigenvalue weighted by molar-refractivity contribution is 0.0961. The van der Waals surface area contributed by atoms with Crippen molar-refractivity contribution in [2.45, 2.75) is 50.6 Å². The molecule has 1 aromatic carbocycles. The van der Waals surface area contributed by atoms with Crippen LogP contribution in [0.25, 0.3) is 0 Å². The summed E-state index contributed by atoms with van der Waals surface area (Å²) in [4.78, 5) is 2.62. The molecule has 2 bridgehead atoms. The number of hydrogen-bond donors (Lipinski definition) is 0. The van der Waals surface area contributed by atoms with Crippen LogP contribution in [0.15, 0.2) is 28.7 Å². The second-order valence-electron chi connectivity index (χ2n) is 8.13. The number of fused-ring (bicyclic) bond motifs is 3. The molecule has 2 heterocycles. The molecule has 0 radical (unpaired) electrons. The molecule has 2 saturated carbocycles. The Bertz CT molecular complexity index is 691. The maximum absolute atomic E-state index is 13.7. The van der Waals surface area contributed by atoms with E-state index in [1.165, 1.54) is 25.7 Å². The van der Waals surface area contributed by atoms with Gasteiger partial charge in [0.1, 0.15) is 6.04 Å². The first-order valence-electron chi connectivity index (χ1n) is 9.56. The Kier molecular flexibility index (Phi) is 3.95. The minimum absolute atomic E-state index is 0.158. The van der Waals surface area contributed by atoms with E-state index in [-0.39, 0.29) is 6.04 Å². The lowest BCUT2D eigenvalue weighted by atomic mass is 9.91. The summed E-state index contributed by atoms with van der Waals surface area (Å²) < 4.78 is 15.8. The van der Waals surface area contributed by atoms with Crippen LogP contribution in [-0.4, -0.2) is 40.8 Å². The molecule has 0 amide bonds. The third kappa shape index (κ3) is 2.50. The van der Waals surface area contributed by atoms with Crippen LogP contribution in [-0.2, 0) is 11.5 Å². The molecule has 2 aliphatic heterocycles. The van der Waals surface area contributed by atoms with Gasteiger partial charge in [0.15, 0.2) is 5.69 Å². The zero-order chi connectivity index (χ0) is 17.0. The summed E-state index contributed by atoms with van der Waals surface area (Å²) in [6, 6.07) is 8.07. The highest BCUT2D eigenvalue weighted by Crippen LogP contribution is 2.48. The molecule has 1 saturated heterocycles. The summed E-state index contributed by atoms with van der Waals surface area (Å²) >= 11 is -1.78. The van der Waals surface area contributed by atoms with Gasteiger partial charge in [-0.1, -0.05) is 18.6 Å². The Morgan fingerprint density at radius 1 is 1.08 bits per heavy atom. The van der Waals surface area contributed by atoms with Gasteiger partial charge in [0.2, 0.25) is 0 Å². The van der Waals surface area contributed by atoms with Gasteiger partial charge in [-0.3, -0.25) is 4.90 Å². The highest BCUT2D eigenvalue weighted by molar-refractivity contribution is 7.90. The van der Waals surface area contributed by atoms with Crippen molar-refractivity contribution in [2.75, 3.05) is 13.1 Å². The van der Waals surface area contributed by atoms with E-state index in [0.29, 0.717) is 5.69 Å². The van der Waals surface area contributed by atoms with Crippen LogP contribution in [0.1, 0.15) is 44.1 Å². The van der Waals surface area contributed by atoms with Crippen LogP contribution in [0.5, 0.6) is 0 Å². The Hall–Kier alpha value is -0.920. The average Bonchev–Trinajstić information content (AvgIpc) is 3.29. The molecule has 5 nitrogen and oxygen atoms in total. The van der Waals surface area contributed by atoms with Crippen molar-refractivity contribution in [3.63, 3.8) is 0 Å². The molecule has 0 N–H and O–H groups in total. The molecule has 134 valence electrons. The van der Waals surface area contributed by atoms with E-state index in [2.05, 4.69) is 9.30 Å². The average molecular weight is 359 g/mol. The number of rotatable bonds is 2. The molecule has 5 rings (SSSR count). The molecular weight excluding hydrogens is 334 g/mol. The fraction of sp³-hybridized carbons (Fsp3) is 0.632. The predicted molar refractivity (Wildman–Crippen MR) is 101 cm³/mol. The lowest BCUT2D eigenvalue weighted by Crippen LogP contribution is -2.60. The highest BCUT2D eigenvalue weighted by Gasteiger charge is 2.50. The van der Waals surface area contributed by atoms with E-state index in [0.717, 1.165) is 49.4 Å². The zero-order valence-corrected chi connectivity index (χ0v) is 15.2. The first-order chi connectivity index (χ1) is 12.2. The third-order valence-electron chi connectivity index (χ3n) is 6.94. The fourth-order valence-corrected chi connectivity index (χ4v) is 6.82. The molecular formula is C19H25N3O2S. The molecule has 0 spiro atoms. The first kappa shape index (κ1) is 16.3. The fourth-order valence-electron chi connectivity index (χ4n) is 5.68. The summed E-state index contributed by atoms with van der Waals surface area (Å²) in [6.45, 7) is 1.92. The van der Waals surface area contributed by atoms with Crippen molar-refractivity contribution in [3.8, 4) is 0 Å². The van der Waals surface area contributed by atoms with Crippen LogP contribution >= 0.6 is 0 Å². The molecule has 2 aliphatic carbocycles. The van der Waals surface area contributed by atoms with E-state index in [1.54, 1.807) is 6.21 Å². The second-order valence-corrected chi connectivity index (χ2v) is 9.35. The van der Waals surface area contributed by atoms with Crippen molar-refractivity contribution in [1.82, 2.24) is 8.95 Å². The predicted octanol–water partition coefficient (Wildman–Crippen LogP) is 3.16. The monoisotopic (exact) mass is 359 g/mol. The van der Waals surface area contributed by atoms with Crippen molar-refractivity contribution in [1.29, 1.82) is 0 Å². The van der Waals surface area contributed by atoms with Gasteiger partial charge >= 0.3 is 11.5 Å². The van der Waals surface area contributed by atoms with Crippen molar-refractivity contribution in [3.05, 3.63) is 35.0 Å². The summed E-state index contributed by atoms with van der Waals surface area (Å²) in [5.41, 5.74) is 1.43. The summed E-state index contributed by atoms with van der Waals surface area (Å²) in [5.74, 6) is 1.83. The summed E-state index contributed by atoms with van der Waals surface area (Å²) in [5, 5.41) is 13.7. The van der Waals surface area contributed by atoms with Crippen LogP contribution in [0, 0.1) is 17.0 Å². The first-order valence-corrected chi connectivity index (χ1v) is 10.6. The third-order valence-corrected chi connectivity index (χ3v) is 8.18. The Balaban J connectivity index is 1.34. The standard InChI is InChI=1S/C19H25N3O2S/c23-22(19-4-2-1-3-16(19)13-20-25(22)24)17-7-9-21(10-8-17)18-12-14-5-6-15(18)11-14/h1-4,13-15,17-18H,5-12H2. The maximum atomic E-state index is 13.7. The van der Waals surface area contributed by atoms with Gasteiger partial charge in [-0.15, -0.1) is 4.05 Å². The van der Waals surface area contributed by atoms with Gasteiger partial charge in [0.05, 0.1) is 11.8 Å². The highest BCUT2D eigenvalue weighted by atomic mass is 32.2. The van der Waals surface area contributed by atoms with E-state index in [4.69, 9.17) is 0 Å². The van der Waals surface area contributed by atoms with Crippen molar-refractivity contribution < 1.29 is 4.55 Å². The molecule has 25 heavy (non-hydrogen) atoms.